The summed E-state index contributed by atoms with van der Waals surface area (Å²) in [5.41, 5.74) is 0.654. The van der Waals surface area contributed by atoms with Crippen LogP contribution in [0.15, 0.2) is 77.3 Å². The Morgan fingerprint density at radius 3 is 1.32 bits per heavy atom. The second-order valence-corrected chi connectivity index (χ2v) is 25.4. The fourth-order valence-corrected chi connectivity index (χ4v) is 15.4. The molecule has 0 aliphatic heterocycles. The fourth-order valence-electron chi connectivity index (χ4n) is 15.0. The summed E-state index contributed by atoms with van der Waals surface area (Å²) in [5, 5.41) is 23.1. The number of fused-ring (bicyclic) bond motifs is 8. The minimum atomic E-state index is -0.705. The van der Waals surface area contributed by atoms with Crippen LogP contribution < -0.4 is 14.2 Å². The van der Waals surface area contributed by atoms with Crippen molar-refractivity contribution in [2.45, 2.75) is 134 Å². The molecular formula is C64H99BrClN3O7. The SMILES string of the molecule is CC.CN(C)C[C@@H]1C(=O)C[C@H]2CC[C@H]1C2.COc1cccc(Br)c1.COc1cccc([C@@]2(O)C[C@H]3CC[C@@H](C3)[C@@H]2CN(C)C)c1.COc1cccc([C@@]2(O)C[C@H]3CC[C@@H](C3)[C@@H]2CN(C)C)c1.Cl.O=C1C[C@H]2CC[C@H](C1)C2. The first-order valence-electron chi connectivity index (χ1n) is 28.9. The second kappa shape index (κ2) is 30.0. The number of ketones is 2. The van der Waals surface area contributed by atoms with Gasteiger partial charge >= 0.3 is 0 Å². The second-order valence-electron chi connectivity index (χ2n) is 24.5. The summed E-state index contributed by atoms with van der Waals surface area (Å²) >= 11 is 3.32. The third-order valence-corrected chi connectivity index (χ3v) is 18.8. The monoisotopic (exact) mass is 1140 g/mol. The molecule has 3 aromatic rings. The molecule has 11 rings (SSSR count). The highest BCUT2D eigenvalue weighted by molar-refractivity contribution is 9.10. The van der Waals surface area contributed by atoms with E-state index in [4.69, 9.17) is 14.2 Å². The number of rotatable bonds is 11. The Labute approximate surface area is 474 Å². The van der Waals surface area contributed by atoms with E-state index in [1.165, 1.54) is 77.0 Å². The molecule has 0 heterocycles. The Morgan fingerprint density at radius 2 is 0.895 bits per heavy atom. The maximum Gasteiger partial charge on any atom is 0.137 e. The van der Waals surface area contributed by atoms with Crippen molar-refractivity contribution in [2.75, 3.05) is 83.2 Å². The zero-order chi connectivity index (χ0) is 54.5. The van der Waals surface area contributed by atoms with Gasteiger partial charge in [-0.2, -0.15) is 0 Å². The van der Waals surface area contributed by atoms with Crippen LogP contribution in [0.25, 0.3) is 0 Å². The normalized spacial score (nSPS) is 32.1. The highest BCUT2D eigenvalue weighted by atomic mass is 79.9. The van der Waals surface area contributed by atoms with Gasteiger partial charge in [0.2, 0.25) is 0 Å². The molecule has 426 valence electrons. The number of aliphatic hydroxyl groups is 2. The van der Waals surface area contributed by atoms with Crippen LogP contribution in [0.4, 0.5) is 0 Å². The van der Waals surface area contributed by atoms with Crippen LogP contribution in [0, 0.1) is 65.1 Å². The first kappa shape index (κ1) is 63.8. The average molecular weight is 1140 g/mol. The van der Waals surface area contributed by atoms with Gasteiger partial charge in [-0.15, -0.1) is 12.4 Å². The molecule has 12 heteroatoms. The maximum atomic E-state index is 11.8. The van der Waals surface area contributed by atoms with Crippen LogP contribution in [0.3, 0.4) is 0 Å². The lowest BCUT2D eigenvalue weighted by atomic mass is 9.66. The zero-order valence-corrected chi connectivity index (χ0v) is 50.9. The summed E-state index contributed by atoms with van der Waals surface area (Å²) in [6, 6.07) is 23.8. The van der Waals surface area contributed by atoms with Crippen LogP contribution in [-0.2, 0) is 20.8 Å². The number of hydrogen-bond donors (Lipinski definition) is 2. The van der Waals surface area contributed by atoms with Gasteiger partial charge < -0.3 is 39.1 Å². The number of methoxy groups -OCH3 is 3. The number of carbonyl (C=O) groups is 2. The molecule has 8 saturated carbocycles. The van der Waals surface area contributed by atoms with Gasteiger partial charge in [-0.3, -0.25) is 9.59 Å². The Bertz CT molecular complexity index is 2140. The van der Waals surface area contributed by atoms with Crippen molar-refractivity contribution in [1.82, 2.24) is 14.7 Å². The van der Waals surface area contributed by atoms with E-state index in [1.54, 1.807) is 21.3 Å². The molecule has 0 spiro atoms. The summed E-state index contributed by atoms with van der Waals surface area (Å²) in [5.74, 6) is 10.3. The number of hydrogen-bond acceptors (Lipinski definition) is 10. The Morgan fingerprint density at radius 1 is 0.513 bits per heavy atom. The molecule has 2 N–H and O–H groups in total. The molecule has 3 aromatic carbocycles. The number of ether oxygens (including phenoxy) is 3. The number of Topliss-reactive ketones (excluding diaryl/α,β-unsaturated/α-hetero) is 2. The molecule has 0 unspecified atom stereocenters. The lowest BCUT2D eigenvalue weighted by molar-refractivity contribution is -0.127. The highest BCUT2D eigenvalue weighted by Crippen LogP contribution is 2.56. The van der Waals surface area contributed by atoms with E-state index < -0.39 is 11.2 Å². The predicted octanol–water partition coefficient (Wildman–Crippen LogP) is 13.0. The summed E-state index contributed by atoms with van der Waals surface area (Å²) in [7, 11) is 17.6. The van der Waals surface area contributed by atoms with Crippen molar-refractivity contribution in [3.63, 3.8) is 0 Å². The van der Waals surface area contributed by atoms with Gasteiger partial charge in [0.25, 0.3) is 0 Å². The smallest absolute Gasteiger partial charge is 0.137 e. The molecule has 10 nitrogen and oxygen atoms in total. The number of carbonyl (C=O) groups excluding carboxylic acids is 2. The van der Waals surface area contributed by atoms with Crippen LogP contribution >= 0.6 is 28.3 Å². The summed E-state index contributed by atoms with van der Waals surface area (Å²) < 4.78 is 16.7. The third-order valence-electron chi connectivity index (χ3n) is 18.3. The first-order valence-corrected chi connectivity index (χ1v) is 29.7. The summed E-state index contributed by atoms with van der Waals surface area (Å²) in [4.78, 5) is 29.3. The molecule has 8 fully saturated rings. The van der Waals surface area contributed by atoms with Crippen LogP contribution in [0.2, 0.25) is 0 Å². The van der Waals surface area contributed by atoms with E-state index in [0.717, 1.165) is 102 Å². The van der Waals surface area contributed by atoms with E-state index in [9.17, 15) is 19.8 Å². The molecule has 0 amide bonds. The van der Waals surface area contributed by atoms with Gasteiger partial charge in [0.05, 0.1) is 32.5 Å². The molecule has 13 atom stereocenters. The molecule has 76 heavy (non-hydrogen) atoms. The van der Waals surface area contributed by atoms with Crippen LogP contribution in [0.1, 0.15) is 134 Å². The topological polar surface area (TPSA) is 112 Å². The van der Waals surface area contributed by atoms with E-state index >= 15 is 0 Å². The van der Waals surface area contributed by atoms with Crippen molar-refractivity contribution in [3.8, 4) is 17.2 Å². The maximum absolute atomic E-state index is 11.8. The number of halogens is 2. The van der Waals surface area contributed by atoms with Gasteiger partial charge in [-0.05, 0) is 220 Å². The fraction of sp³-hybridized carbons (Fsp3) is 0.688. The van der Waals surface area contributed by atoms with Gasteiger partial charge in [0.15, 0.2) is 0 Å². The van der Waals surface area contributed by atoms with E-state index in [1.807, 2.05) is 74.5 Å². The highest BCUT2D eigenvalue weighted by Gasteiger charge is 2.53. The predicted molar refractivity (Wildman–Crippen MR) is 316 cm³/mol. The number of benzene rings is 3. The molecule has 8 bridgehead atoms. The quantitative estimate of drug-likeness (QED) is 0.192. The summed E-state index contributed by atoms with van der Waals surface area (Å²) in [6.45, 7) is 6.87. The Kier molecular flexibility index (Phi) is 25.2. The minimum absolute atomic E-state index is 0. The van der Waals surface area contributed by atoms with Crippen molar-refractivity contribution in [3.05, 3.63) is 88.4 Å². The Balaban J connectivity index is 0.000000181. The zero-order valence-electron chi connectivity index (χ0n) is 48.5. The van der Waals surface area contributed by atoms with E-state index in [0.29, 0.717) is 58.9 Å². The van der Waals surface area contributed by atoms with Crippen LogP contribution in [0.5, 0.6) is 17.2 Å². The standard InChI is InChI=1S/2C18H27NO2.C11H19NO.C8H12O.C7H7BrO.C2H6.ClH/c2*1-19(2)12-17-14-8-7-13(9-14)11-18(17,20)15-5-4-6-16(10-15)21-3;1-12(2)7-10-9-4-3-8(5-9)6-11(10)13;9-8-4-6-1-2-7(3-6)5-8;1-9-7-4-2-3-6(8)5-7;1-2;/h2*4-6,10,13-14,17,20H,7-9,11-12H2,1-3H3;8-10H,3-7H2,1-2H3;6-7H,1-5H2;2-5H,1H3;1-2H3;1H/t2*13-,14-,17-,18-;8-,9-,10-;6-,7-;;;/m0000.../s1. The van der Waals surface area contributed by atoms with Gasteiger partial charge in [-0.25, -0.2) is 0 Å². The van der Waals surface area contributed by atoms with Crippen molar-refractivity contribution in [1.29, 1.82) is 0 Å². The molecule has 0 radical (unpaired) electrons. The number of nitrogens with zero attached hydrogens (tertiary/aromatic N) is 3. The molecule has 8 aliphatic carbocycles. The largest absolute Gasteiger partial charge is 0.497 e. The molecular weight excluding hydrogens is 1040 g/mol. The van der Waals surface area contributed by atoms with E-state index in [2.05, 4.69) is 85.0 Å². The van der Waals surface area contributed by atoms with Gasteiger partial charge in [-0.1, -0.05) is 73.0 Å². The first-order chi connectivity index (χ1) is 35.9. The van der Waals surface area contributed by atoms with Crippen molar-refractivity contribution >= 4 is 39.9 Å². The van der Waals surface area contributed by atoms with E-state index in [-0.39, 0.29) is 12.4 Å². The van der Waals surface area contributed by atoms with Crippen molar-refractivity contribution < 1.29 is 34.0 Å². The molecule has 8 aliphatic rings. The third kappa shape index (κ3) is 17.0. The van der Waals surface area contributed by atoms with Crippen LogP contribution in [-0.4, -0.2) is 120 Å². The molecule has 0 saturated heterocycles. The van der Waals surface area contributed by atoms with Crippen molar-refractivity contribution in [2.24, 2.45) is 65.1 Å². The lowest BCUT2D eigenvalue weighted by Crippen LogP contribution is -2.47. The lowest BCUT2D eigenvalue weighted by Gasteiger charge is -2.45. The van der Waals surface area contributed by atoms with Gasteiger partial charge in [0.1, 0.15) is 28.8 Å². The Hall–Kier alpha value is -3.03. The average Bonchev–Trinajstić information content (AvgIpc) is 4.20. The summed E-state index contributed by atoms with van der Waals surface area (Å²) in [6.07, 6.45) is 20.1. The molecule has 0 aromatic heterocycles. The minimum Gasteiger partial charge on any atom is -0.497 e. The van der Waals surface area contributed by atoms with Gasteiger partial charge in [0, 0.05) is 61.1 Å².